The average molecular weight is 389 g/mol. The highest BCUT2D eigenvalue weighted by Gasteiger charge is 2.50. The number of carboxylic acid groups (broad SMARTS) is 1. The highest BCUT2D eigenvalue weighted by Crippen LogP contribution is 2.25. The highest BCUT2D eigenvalue weighted by atomic mass is 16.6. The van der Waals surface area contributed by atoms with Crippen LogP contribution < -0.4 is 0 Å². The van der Waals surface area contributed by atoms with Gasteiger partial charge in [-0.15, -0.1) is 0 Å². The molecule has 9 heteroatoms. The minimum absolute atomic E-state index is 0.117. The number of amides is 2. The van der Waals surface area contributed by atoms with Gasteiger partial charge in [-0.25, -0.2) is 18.9 Å². The molecule has 0 radical (unpaired) electrons. The number of rotatable bonds is 9. The van der Waals surface area contributed by atoms with Crippen LogP contribution in [-0.4, -0.2) is 84.4 Å². The summed E-state index contributed by atoms with van der Waals surface area (Å²) in [6.07, 6.45) is 0.811. The van der Waals surface area contributed by atoms with Gasteiger partial charge in [-0.05, 0) is 26.7 Å². The first-order chi connectivity index (χ1) is 12.1. The van der Waals surface area contributed by atoms with Crippen LogP contribution in [0.1, 0.15) is 47.0 Å². The van der Waals surface area contributed by atoms with E-state index in [1.54, 1.807) is 27.9 Å². The molecule has 0 fully saturated rings. The van der Waals surface area contributed by atoms with Crippen molar-refractivity contribution >= 4 is 23.9 Å². The topological polar surface area (TPSA) is 110 Å². The number of carboxylic acids is 1. The van der Waals surface area contributed by atoms with E-state index in [0.29, 0.717) is 6.42 Å². The molecule has 156 valence electrons. The lowest BCUT2D eigenvalue weighted by molar-refractivity contribution is -0.818. The van der Waals surface area contributed by atoms with Crippen molar-refractivity contribution in [3.05, 3.63) is 0 Å². The monoisotopic (exact) mass is 389 g/mol. The molecular formula is C18H33N2O7+. The Kier molecular flexibility index (Phi) is 8.43. The summed E-state index contributed by atoms with van der Waals surface area (Å²) in [5.74, 6) is -2.92. The third-order valence-electron chi connectivity index (χ3n) is 4.27. The van der Waals surface area contributed by atoms with E-state index < -0.39 is 29.1 Å². The van der Waals surface area contributed by atoms with Crippen molar-refractivity contribution in [3.8, 4) is 0 Å². The molecule has 0 heterocycles. The Balaban J connectivity index is 5.60. The summed E-state index contributed by atoms with van der Waals surface area (Å²) < 4.78 is 10.2. The number of ether oxygens (including phenoxy) is 2. The van der Waals surface area contributed by atoms with Crippen LogP contribution in [0.4, 0.5) is 4.79 Å². The molecule has 0 spiro atoms. The number of esters is 2. The Morgan fingerprint density at radius 2 is 1.52 bits per heavy atom. The first kappa shape index (κ1) is 24.8. The Morgan fingerprint density at radius 3 is 1.89 bits per heavy atom. The number of quaternary nitrogens is 1. The maximum atomic E-state index is 12.7. The summed E-state index contributed by atoms with van der Waals surface area (Å²) in [7, 11) is 6.15. The molecular weight excluding hydrogens is 356 g/mol. The number of aliphatic carboxylic acids is 1. The third-order valence-corrected chi connectivity index (χ3v) is 4.27. The molecule has 2 amide bonds. The maximum Gasteiger partial charge on any atom is 0.418 e. The van der Waals surface area contributed by atoms with Gasteiger partial charge in [0.25, 0.3) is 5.60 Å². The number of nitrogens with zero attached hydrogens (tertiary/aromatic N) is 2. The largest absolute Gasteiger partial charge is 0.478 e. The lowest BCUT2D eigenvalue weighted by Crippen LogP contribution is -2.61. The molecule has 0 aromatic carbocycles. The minimum Gasteiger partial charge on any atom is -0.478 e. The van der Waals surface area contributed by atoms with Gasteiger partial charge in [0.15, 0.2) is 0 Å². The van der Waals surface area contributed by atoms with Gasteiger partial charge >= 0.3 is 23.9 Å². The summed E-state index contributed by atoms with van der Waals surface area (Å²) in [5.41, 5.74) is -3.59. The number of hydrogen-bond acceptors (Lipinski definition) is 6. The van der Waals surface area contributed by atoms with Crippen LogP contribution in [0.2, 0.25) is 0 Å². The Morgan fingerprint density at radius 1 is 1.00 bits per heavy atom. The standard InChI is InChI=1S/C18H32N2O7/c1-9-11-13(21)26-17(3,10-2)15(24)27-18(4,14(22)23)12-20(7,8)16(25)19(5)6/h9-12H2,1-8H3/p+1. The molecule has 0 saturated heterocycles. The molecule has 9 nitrogen and oxygen atoms in total. The Hall–Kier alpha value is -2.16. The first-order valence-electron chi connectivity index (χ1n) is 8.88. The zero-order valence-electron chi connectivity index (χ0n) is 17.6. The smallest absolute Gasteiger partial charge is 0.418 e. The van der Waals surface area contributed by atoms with Crippen LogP contribution in [0.3, 0.4) is 0 Å². The molecule has 0 aliphatic rings. The van der Waals surface area contributed by atoms with E-state index in [1.165, 1.54) is 32.8 Å². The zero-order chi connectivity index (χ0) is 21.6. The minimum atomic E-state index is -1.99. The lowest BCUT2D eigenvalue weighted by Gasteiger charge is -2.37. The Bertz CT molecular complexity index is 588. The van der Waals surface area contributed by atoms with Gasteiger partial charge in [-0.2, -0.15) is 0 Å². The van der Waals surface area contributed by atoms with Crippen molar-refractivity contribution in [3.63, 3.8) is 0 Å². The molecule has 0 aromatic heterocycles. The number of urea groups is 1. The van der Waals surface area contributed by atoms with Crippen LogP contribution in [-0.2, 0) is 23.9 Å². The van der Waals surface area contributed by atoms with Crippen LogP contribution >= 0.6 is 0 Å². The van der Waals surface area contributed by atoms with Crippen molar-refractivity contribution < 1.29 is 38.2 Å². The second-order valence-corrected chi connectivity index (χ2v) is 7.75. The second kappa shape index (κ2) is 9.16. The van der Waals surface area contributed by atoms with Crippen LogP contribution in [0.25, 0.3) is 0 Å². The van der Waals surface area contributed by atoms with Gasteiger partial charge in [-0.3, -0.25) is 9.69 Å². The van der Waals surface area contributed by atoms with Gasteiger partial charge in [0.1, 0.15) is 6.54 Å². The number of hydrogen-bond donors (Lipinski definition) is 1. The molecule has 2 atom stereocenters. The summed E-state index contributed by atoms with van der Waals surface area (Å²) in [4.78, 5) is 50.0. The van der Waals surface area contributed by atoms with Crippen molar-refractivity contribution in [1.82, 2.24) is 4.90 Å². The van der Waals surface area contributed by atoms with Crippen LogP contribution in [0, 0.1) is 0 Å². The van der Waals surface area contributed by atoms with E-state index >= 15 is 0 Å². The van der Waals surface area contributed by atoms with E-state index in [9.17, 15) is 24.3 Å². The summed E-state index contributed by atoms with van der Waals surface area (Å²) in [5, 5.41) is 9.65. The van der Waals surface area contributed by atoms with Gasteiger partial charge in [0.05, 0.1) is 14.1 Å². The van der Waals surface area contributed by atoms with Crippen molar-refractivity contribution in [2.45, 2.75) is 58.2 Å². The predicted octanol–water partition coefficient (Wildman–Crippen LogP) is 1.64. The lowest BCUT2D eigenvalue weighted by atomic mass is 10.0. The predicted molar refractivity (Wildman–Crippen MR) is 97.9 cm³/mol. The van der Waals surface area contributed by atoms with Crippen molar-refractivity contribution in [1.29, 1.82) is 0 Å². The van der Waals surface area contributed by atoms with Crippen LogP contribution in [0.15, 0.2) is 0 Å². The van der Waals surface area contributed by atoms with Gasteiger partial charge < -0.3 is 14.6 Å². The van der Waals surface area contributed by atoms with E-state index in [2.05, 4.69) is 0 Å². The molecule has 0 aromatic rings. The van der Waals surface area contributed by atoms with Crippen molar-refractivity contribution in [2.24, 2.45) is 0 Å². The average Bonchev–Trinajstić information content (AvgIpc) is 2.52. The maximum absolute atomic E-state index is 12.7. The highest BCUT2D eigenvalue weighted by molar-refractivity contribution is 5.87. The zero-order valence-corrected chi connectivity index (χ0v) is 17.6. The fourth-order valence-electron chi connectivity index (χ4n) is 2.58. The van der Waals surface area contributed by atoms with Gasteiger partial charge in [-0.1, -0.05) is 13.8 Å². The SMILES string of the molecule is CCCC(=O)OC(C)(CC)C(=O)OC(C)(C[N+](C)(C)C(=O)N(C)C)C(=O)O. The summed E-state index contributed by atoms with van der Waals surface area (Å²) in [6, 6.07) is -0.355. The summed E-state index contributed by atoms with van der Waals surface area (Å²) >= 11 is 0. The molecule has 1 N–H and O–H groups in total. The fraction of sp³-hybridized carbons (Fsp3) is 0.778. The van der Waals surface area contributed by atoms with E-state index in [4.69, 9.17) is 9.47 Å². The van der Waals surface area contributed by atoms with Gasteiger partial charge in [0, 0.05) is 20.5 Å². The molecule has 0 aliphatic carbocycles. The van der Waals surface area contributed by atoms with E-state index in [0.717, 1.165) is 0 Å². The molecule has 0 saturated carbocycles. The quantitative estimate of drug-likeness (QED) is 0.471. The summed E-state index contributed by atoms with van der Waals surface area (Å²) in [6.45, 7) is 5.74. The third kappa shape index (κ3) is 6.50. The number of carbonyl (C=O) groups is 4. The van der Waals surface area contributed by atoms with E-state index in [1.807, 2.05) is 0 Å². The first-order valence-corrected chi connectivity index (χ1v) is 8.88. The van der Waals surface area contributed by atoms with Crippen molar-refractivity contribution in [2.75, 3.05) is 34.7 Å². The van der Waals surface area contributed by atoms with Crippen LogP contribution in [0.5, 0.6) is 0 Å². The Labute approximate surface area is 160 Å². The molecule has 0 rings (SSSR count). The second-order valence-electron chi connectivity index (χ2n) is 7.75. The molecule has 0 aliphatic heterocycles. The number of likely N-dealkylation sites (N-methyl/N-ethyl adjacent to an activating group) is 1. The molecule has 0 bridgehead atoms. The molecule has 27 heavy (non-hydrogen) atoms. The normalized spacial score (nSPS) is 15.9. The number of carbonyl (C=O) groups excluding carboxylic acids is 3. The molecule has 2 unspecified atom stereocenters. The van der Waals surface area contributed by atoms with E-state index in [-0.39, 0.29) is 29.9 Å². The van der Waals surface area contributed by atoms with Gasteiger partial charge in [0.2, 0.25) is 5.60 Å². The fourth-order valence-corrected chi connectivity index (χ4v) is 2.58.